The third kappa shape index (κ3) is 4.96. The van der Waals surface area contributed by atoms with Crippen LogP contribution in [0.5, 0.6) is 5.75 Å². The molecule has 100 valence electrons. The van der Waals surface area contributed by atoms with Gasteiger partial charge in [0, 0.05) is 18.1 Å². The van der Waals surface area contributed by atoms with Gasteiger partial charge in [-0.2, -0.15) is 0 Å². The number of nitrogens with zero attached hydrogens (tertiary/aromatic N) is 1. The number of carbonyl (C=O) groups excluding carboxylic acids is 1. The van der Waals surface area contributed by atoms with E-state index in [4.69, 9.17) is 4.74 Å². The second kappa shape index (κ2) is 7.11. The molecular weight excluding hydrogens is 366 g/mol. The molecule has 1 aromatic carbocycles. The number of carbonyl (C=O) groups is 1. The number of hydrogen-bond acceptors (Lipinski definition) is 3. The van der Waals surface area contributed by atoms with Gasteiger partial charge in [0.1, 0.15) is 5.75 Å². The maximum absolute atomic E-state index is 11.7. The lowest BCUT2D eigenvalue weighted by molar-refractivity contribution is -0.133. The predicted octanol–water partition coefficient (Wildman–Crippen LogP) is 2.43. The molecule has 0 aromatic heterocycles. The molecule has 1 rings (SSSR count). The second-order valence-corrected chi connectivity index (χ2v) is 5.76. The van der Waals surface area contributed by atoms with Gasteiger partial charge in [-0.3, -0.25) is 4.79 Å². The van der Waals surface area contributed by atoms with E-state index in [0.29, 0.717) is 12.3 Å². The van der Waals surface area contributed by atoms with E-state index in [1.54, 1.807) is 20.0 Å². The molecule has 0 saturated carbocycles. The Labute approximate surface area is 123 Å². The molecule has 1 aromatic rings. The first-order chi connectivity index (χ1) is 8.40. The quantitative estimate of drug-likeness (QED) is 0.853. The molecule has 0 fully saturated rings. The van der Waals surface area contributed by atoms with Gasteiger partial charge >= 0.3 is 0 Å². The molecule has 1 amide bonds. The molecule has 0 bridgehead atoms. The Balaban J connectivity index is 2.52. The van der Waals surface area contributed by atoms with Crippen molar-refractivity contribution in [2.45, 2.75) is 13.0 Å². The number of aliphatic hydroxyl groups is 1. The fourth-order valence-electron chi connectivity index (χ4n) is 1.34. The van der Waals surface area contributed by atoms with Crippen molar-refractivity contribution in [3.05, 3.63) is 27.1 Å². The van der Waals surface area contributed by atoms with E-state index in [-0.39, 0.29) is 12.5 Å². The summed E-state index contributed by atoms with van der Waals surface area (Å²) in [5, 5.41) is 9.18. The zero-order valence-electron chi connectivity index (χ0n) is 10.2. The van der Waals surface area contributed by atoms with E-state index >= 15 is 0 Å². The minimum absolute atomic E-state index is 0.0521. The first-order valence-corrected chi connectivity index (χ1v) is 6.98. The van der Waals surface area contributed by atoms with Gasteiger partial charge in [-0.1, -0.05) is 15.9 Å². The SMILES string of the molecule is CC(O)CN(C)C(=O)COc1ccc(Br)cc1Br. The van der Waals surface area contributed by atoms with Crippen LogP contribution in [0.2, 0.25) is 0 Å². The Hall–Kier alpha value is -0.590. The highest BCUT2D eigenvalue weighted by Crippen LogP contribution is 2.28. The van der Waals surface area contributed by atoms with E-state index in [1.807, 2.05) is 12.1 Å². The summed E-state index contributed by atoms with van der Waals surface area (Å²) < 4.78 is 7.13. The normalized spacial score (nSPS) is 12.1. The topological polar surface area (TPSA) is 49.8 Å². The summed E-state index contributed by atoms with van der Waals surface area (Å²) in [5.74, 6) is 0.433. The number of ether oxygens (including phenoxy) is 1. The van der Waals surface area contributed by atoms with Crippen LogP contribution in [0, 0.1) is 0 Å². The highest BCUT2D eigenvalue weighted by molar-refractivity contribution is 9.11. The summed E-state index contributed by atoms with van der Waals surface area (Å²) in [6.07, 6.45) is -0.543. The summed E-state index contributed by atoms with van der Waals surface area (Å²) >= 11 is 6.69. The maximum Gasteiger partial charge on any atom is 0.260 e. The molecule has 1 unspecified atom stereocenters. The Morgan fingerprint density at radius 3 is 2.72 bits per heavy atom. The van der Waals surface area contributed by atoms with Crippen molar-refractivity contribution in [1.82, 2.24) is 4.90 Å². The molecule has 0 radical (unpaired) electrons. The van der Waals surface area contributed by atoms with Crippen LogP contribution in [0.15, 0.2) is 27.1 Å². The summed E-state index contributed by atoms with van der Waals surface area (Å²) in [6.45, 7) is 1.88. The Kier molecular flexibility index (Phi) is 6.11. The minimum Gasteiger partial charge on any atom is -0.483 e. The van der Waals surface area contributed by atoms with Crippen LogP contribution in [0.1, 0.15) is 6.92 Å². The molecular formula is C12H15Br2NO3. The van der Waals surface area contributed by atoms with Crippen molar-refractivity contribution >= 4 is 37.8 Å². The van der Waals surface area contributed by atoms with E-state index in [0.717, 1.165) is 8.95 Å². The number of halogens is 2. The van der Waals surface area contributed by atoms with Crippen molar-refractivity contribution in [2.75, 3.05) is 20.2 Å². The van der Waals surface area contributed by atoms with Crippen LogP contribution in [0.25, 0.3) is 0 Å². The molecule has 6 heteroatoms. The number of hydrogen-bond donors (Lipinski definition) is 1. The van der Waals surface area contributed by atoms with E-state index in [1.165, 1.54) is 4.90 Å². The molecule has 0 saturated heterocycles. The van der Waals surface area contributed by atoms with Crippen molar-refractivity contribution in [3.63, 3.8) is 0 Å². The van der Waals surface area contributed by atoms with Crippen molar-refractivity contribution in [3.8, 4) is 5.75 Å². The smallest absolute Gasteiger partial charge is 0.260 e. The average Bonchev–Trinajstić information content (AvgIpc) is 2.26. The van der Waals surface area contributed by atoms with Gasteiger partial charge in [0.2, 0.25) is 0 Å². The summed E-state index contributed by atoms with van der Waals surface area (Å²) in [6, 6.07) is 5.46. The van der Waals surface area contributed by atoms with Crippen LogP contribution in [0.4, 0.5) is 0 Å². The van der Waals surface area contributed by atoms with Gasteiger partial charge in [0.15, 0.2) is 6.61 Å². The molecule has 1 N–H and O–H groups in total. The van der Waals surface area contributed by atoms with Crippen LogP contribution < -0.4 is 4.74 Å². The number of aliphatic hydroxyl groups excluding tert-OH is 1. The summed E-state index contributed by atoms with van der Waals surface area (Å²) in [5.41, 5.74) is 0. The monoisotopic (exact) mass is 379 g/mol. The fourth-order valence-corrected chi connectivity index (χ4v) is 2.50. The van der Waals surface area contributed by atoms with Crippen LogP contribution in [-0.2, 0) is 4.79 Å². The summed E-state index contributed by atoms with van der Waals surface area (Å²) in [7, 11) is 1.63. The molecule has 0 aliphatic rings. The molecule has 0 aliphatic carbocycles. The predicted molar refractivity (Wildman–Crippen MR) is 76.7 cm³/mol. The Morgan fingerprint density at radius 2 is 2.17 bits per heavy atom. The van der Waals surface area contributed by atoms with Crippen molar-refractivity contribution in [2.24, 2.45) is 0 Å². The Bertz CT molecular complexity index is 424. The number of likely N-dealkylation sites (N-methyl/N-ethyl adjacent to an activating group) is 1. The number of benzene rings is 1. The second-order valence-electron chi connectivity index (χ2n) is 3.99. The van der Waals surface area contributed by atoms with Crippen molar-refractivity contribution in [1.29, 1.82) is 0 Å². The first kappa shape index (κ1) is 15.5. The maximum atomic E-state index is 11.7. The van der Waals surface area contributed by atoms with E-state index in [9.17, 15) is 9.90 Å². The average molecular weight is 381 g/mol. The lowest BCUT2D eigenvalue weighted by Crippen LogP contribution is -2.36. The highest BCUT2D eigenvalue weighted by Gasteiger charge is 2.12. The van der Waals surface area contributed by atoms with E-state index in [2.05, 4.69) is 31.9 Å². The van der Waals surface area contributed by atoms with Crippen LogP contribution >= 0.6 is 31.9 Å². The zero-order valence-corrected chi connectivity index (χ0v) is 13.4. The molecule has 0 heterocycles. The standard InChI is InChI=1S/C12H15Br2NO3/c1-8(16)6-15(2)12(17)7-18-11-4-3-9(13)5-10(11)14/h3-5,8,16H,6-7H2,1-2H3. The van der Waals surface area contributed by atoms with Crippen LogP contribution in [-0.4, -0.2) is 42.2 Å². The molecule has 0 spiro atoms. The molecule has 18 heavy (non-hydrogen) atoms. The van der Waals surface area contributed by atoms with E-state index < -0.39 is 6.10 Å². The first-order valence-electron chi connectivity index (χ1n) is 5.40. The third-order valence-electron chi connectivity index (χ3n) is 2.21. The highest BCUT2D eigenvalue weighted by atomic mass is 79.9. The van der Waals surface area contributed by atoms with Crippen LogP contribution in [0.3, 0.4) is 0 Å². The number of rotatable bonds is 5. The van der Waals surface area contributed by atoms with Gasteiger partial charge in [-0.15, -0.1) is 0 Å². The lowest BCUT2D eigenvalue weighted by atomic mass is 10.3. The minimum atomic E-state index is -0.543. The third-order valence-corrected chi connectivity index (χ3v) is 3.32. The molecule has 4 nitrogen and oxygen atoms in total. The van der Waals surface area contributed by atoms with Gasteiger partial charge in [-0.05, 0) is 41.1 Å². The zero-order chi connectivity index (χ0) is 13.7. The lowest BCUT2D eigenvalue weighted by Gasteiger charge is -2.19. The van der Waals surface area contributed by atoms with Gasteiger partial charge in [0.05, 0.1) is 10.6 Å². The molecule has 0 aliphatic heterocycles. The van der Waals surface area contributed by atoms with Crippen molar-refractivity contribution < 1.29 is 14.6 Å². The van der Waals surface area contributed by atoms with Gasteiger partial charge in [-0.25, -0.2) is 0 Å². The van der Waals surface area contributed by atoms with Gasteiger partial charge in [0.25, 0.3) is 5.91 Å². The number of amides is 1. The van der Waals surface area contributed by atoms with Gasteiger partial charge < -0.3 is 14.7 Å². The fraction of sp³-hybridized carbons (Fsp3) is 0.417. The summed E-state index contributed by atoms with van der Waals surface area (Å²) in [4.78, 5) is 13.1. The molecule has 1 atom stereocenters. The Morgan fingerprint density at radius 1 is 1.50 bits per heavy atom. The largest absolute Gasteiger partial charge is 0.483 e.